The smallest absolute Gasteiger partial charge is 0.0631 e. The van der Waals surface area contributed by atoms with Crippen molar-refractivity contribution >= 4 is 5.69 Å². The van der Waals surface area contributed by atoms with Gasteiger partial charge in [-0.3, -0.25) is 4.98 Å². The quantitative estimate of drug-likeness (QED) is 0.657. The number of piperazine rings is 1. The summed E-state index contributed by atoms with van der Waals surface area (Å²) < 4.78 is 0. The molecule has 3 heteroatoms. The standard InChI is InChI=1S/C9H12N3/c1-2-9(8-11-3-1)12-6-4-10-5-7-12/h1-3,6,8,10H,4-5,7H2. The van der Waals surface area contributed by atoms with Crippen LogP contribution >= 0.6 is 0 Å². The fourth-order valence-electron chi connectivity index (χ4n) is 1.33. The van der Waals surface area contributed by atoms with Crippen molar-refractivity contribution in [2.75, 3.05) is 24.5 Å². The molecule has 0 spiro atoms. The topological polar surface area (TPSA) is 28.2 Å². The van der Waals surface area contributed by atoms with Crippen molar-refractivity contribution in [1.82, 2.24) is 10.3 Å². The number of pyridine rings is 1. The van der Waals surface area contributed by atoms with Crippen LogP contribution in [0.5, 0.6) is 0 Å². The first kappa shape index (κ1) is 7.55. The zero-order chi connectivity index (χ0) is 8.23. The minimum atomic E-state index is 0.953. The Hall–Kier alpha value is -1.09. The van der Waals surface area contributed by atoms with Crippen LogP contribution in [-0.2, 0) is 0 Å². The van der Waals surface area contributed by atoms with E-state index in [0.29, 0.717) is 0 Å². The predicted molar refractivity (Wildman–Crippen MR) is 48.8 cm³/mol. The van der Waals surface area contributed by atoms with E-state index in [9.17, 15) is 0 Å². The largest absolute Gasteiger partial charge is 0.363 e. The van der Waals surface area contributed by atoms with Gasteiger partial charge in [0.25, 0.3) is 0 Å². The molecule has 1 aromatic rings. The SMILES string of the molecule is [CH]1CNCCN1c1cccnc1. The van der Waals surface area contributed by atoms with Gasteiger partial charge in [-0.1, -0.05) is 0 Å². The second kappa shape index (κ2) is 3.54. The highest BCUT2D eigenvalue weighted by Gasteiger charge is 2.09. The van der Waals surface area contributed by atoms with Crippen LogP contribution in [0.2, 0.25) is 0 Å². The Kier molecular flexibility index (Phi) is 2.23. The Bertz CT molecular complexity index is 229. The molecule has 2 heterocycles. The van der Waals surface area contributed by atoms with Crippen molar-refractivity contribution in [3.05, 3.63) is 31.1 Å². The van der Waals surface area contributed by atoms with Crippen molar-refractivity contribution < 1.29 is 0 Å². The Morgan fingerprint density at radius 3 is 3.17 bits per heavy atom. The van der Waals surface area contributed by atoms with E-state index in [0.717, 1.165) is 19.6 Å². The molecule has 0 amide bonds. The molecule has 3 nitrogen and oxygen atoms in total. The Labute approximate surface area is 72.4 Å². The first-order valence-corrected chi connectivity index (χ1v) is 4.17. The van der Waals surface area contributed by atoms with E-state index in [-0.39, 0.29) is 0 Å². The lowest BCUT2D eigenvalue weighted by molar-refractivity contribution is 0.640. The average molecular weight is 162 g/mol. The van der Waals surface area contributed by atoms with Crippen LogP contribution < -0.4 is 10.2 Å². The van der Waals surface area contributed by atoms with Crippen LogP contribution in [0.1, 0.15) is 0 Å². The van der Waals surface area contributed by atoms with Crippen molar-refractivity contribution in [2.45, 2.75) is 0 Å². The van der Waals surface area contributed by atoms with E-state index < -0.39 is 0 Å². The van der Waals surface area contributed by atoms with Crippen molar-refractivity contribution in [3.63, 3.8) is 0 Å². The molecular weight excluding hydrogens is 150 g/mol. The molecule has 1 saturated heterocycles. The summed E-state index contributed by atoms with van der Waals surface area (Å²) in [5.74, 6) is 0. The van der Waals surface area contributed by atoms with Gasteiger partial charge in [-0.2, -0.15) is 0 Å². The summed E-state index contributed by atoms with van der Waals surface area (Å²) in [5, 5.41) is 3.27. The van der Waals surface area contributed by atoms with Crippen molar-refractivity contribution in [1.29, 1.82) is 0 Å². The first-order valence-electron chi connectivity index (χ1n) is 4.17. The summed E-state index contributed by atoms with van der Waals surface area (Å²) in [6, 6.07) is 4.04. The monoisotopic (exact) mass is 162 g/mol. The Morgan fingerprint density at radius 1 is 1.50 bits per heavy atom. The van der Waals surface area contributed by atoms with Gasteiger partial charge in [0.2, 0.25) is 0 Å². The second-order valence-electron chi connectivity index (χ2n) is 2.79. The van der Waals surface area contributed by atoms with Crippen LogP contribution in [0.4, 0.5) is 5.69 Å². The summed E-state index contributed by atoms with van der Waals surface area (Å²) in [6.07, 6.45) is 3.69. The van der Waals surface area contributed by atoms with E-state index in [4.69, 9.17) is 0 Å². The van der Waals surface area contributed by atoms with Crippen LogP contribution in [0, 0.1) is 6.54 Å². The van der Waals surface area contributed by atoms with Crippen molar-refractivity contribution in [2.24, 2.45) is 0 Å². The molecule has 1 N–H and O–H groups in total. The second-order valence-corrected chi connectivity index (χ2v) is 2.79. The molecule has 0 saturated carbocycles. The highest BCUT2D eigenvalue weighted by Crippen LogP contribution is 2.13. The number of hydrogen-bond acceptors (Lipinski definition) is 3. The molecule has 0 atom stereocenters. The average Bonchev–Trinajstić information content (AvgIpc) is 2.21. The lowest BCUT2D eigenvalue weighted by Crippen LogP contribution is -2.39. The molecule has 0 aromatic carbocycles. The van der Waals surface area contributed by atoms with Crippen molar-refractivity contribution in [3.8, 4) is 0 Å². The van der Waals surface area contributed by atoms with Gasteiger partial charge in [-0.05, 0) is 12.1 Å². The lowest BCUT2D eigenvalue weighted by atomic mass is 10.3. The molecular formula is C9H12N3. The highest BCUT2D eigenvalue weighted by molar-refractivity contribution is 5.46. The number of hydrogen-bond donors (Lipinski definition) is 1. The molecule has 1 aromatic heterocycles. The zero-order valence-corrected chi connectivity index (χ0v) is 6.90. The minimum Gasteiger partial charge on any atom is -0.363 e. The minimum absolute atomic E-state index is 0.953. The summed E-state index contributed by atoms with van der Waals surface area (Å²) in [4.78, 5) is 6.30. The molecule has 0 aliphatic carbocycles. The highest BCUT2D eigenvalue weighted by atomic mass is 15.2. The summed E-state index contributed by atoms with van der Waals surface area (Å²) in [6.45, 7) is 5.19. The van der Waals surface area contributed by atoms with E-state index in [1.165, 1.54) is 5.69 Å². The maximum absolute atomic E-state index is 4.08. The van der Waals surface area contributed by atoms with Gasteiger partial charge in [0, 0.05) is 25.8 Å². The number of anilines is 1. The maximum Gasteiger partial charge on any atom is 0.0631 e. The molecule has 12 heavy (non-hydrogen) atoms. The van der Waals surface area contributed by atoms with Gasteiger partial charge in [0.05, 0.1) is 18.4 Å². The molecule has 0 unspecified atom stereocenters. The van der Waals surface area contributed by atoms with Gasteiger partial charge < -0.3 is 10.2 Å². The number of aromatic nitrogens is 1. The fourth-order valence-corrected chi connectivity index (χ4v) is 1.33. The third-order valence-corrected chi connectivity index (χ3v) is 1.96. The van der Waals surface area contributed by atoms with Gasteiger partial charge >= 0.3 is 0 Å². The van der Waals surface area contributed by atoms with Crippen LogP contribution in [0.3, 0.4) is 0 Å². The van der Waals surface area contributed by atoms with Gasteiger partial charge in [-0.15, -0.1) is 0 Å². The van der Waals surface area contributed by atoms with Gasteiger partial charge in [0.1, 0.15) is 0 Å². The van der Waals surface area contributed by atoms with Gasteiger partial charge in [0.15, 0.2) is 0 Å². The lowest BCUT2D eigenvalue weighted by Gasteiger charge is -2.28. The van der Waals surface area contributed by atoms with Gasteiger partial charge in [-0.25, -0.2) is 0 Å². The third-order valence-electron chi connectivity index (χ3n) is 1.96. The van der Waals surface area contributed by atoms with Crippen LogP contribution in [0.15, 0.2) is 24.5 Å². The Morgan fingerprint density at radius 2 is 2.50 bits per heavy atom. The summed E-state index contributed by atoms with van der Waals surface area (Å²) >= 11 is 0. The molecule has 63 valence electrons. The number of nitrogens with zero attached hydrogens (tertiary/aromatic N) is 2. The molecule has 0 bridgehead atoms. The van der Waals surface area contributed by atoms with E-state index in [1.54, 1.807) is 6.20 Å². The van der Waals surface area contributed by atoms with E-state index >= 15 is 0 Å². The summed E-state index contributed by atoms with van der Waals surface area (Å²) in [5.41, 5.74) is 1.18. The van der Waals surface area contributed by atoms with Crippen LogP contribution in [-0.4, -0.2) is 24.6 Å². The third kappa shape index (κ3) is 1.56. The van der Waals surface area contributed by atoms with E-state index in [2.05, 4.69) is 27.8 Å². The van der Waals surface area contributed by atoms with E-state index in [1.807, 2.05) is 12.3 Å². The normalized spacial score (nSPS) is 17.8. The number of nitrogens with one attached hydrogen (secondary N) is 1. The molecule has 2 rings (SSSR count). The Balaban J connectivity index is 2.08. The zero-order valence-electron chi connectivity index (χ0n) is 6.90. The summed E-state index contributed by atoms with van der Waals surface area (Å²) in [7, 11) is 0. The fraction of sp³-hybridized carbons (Fsp3) is 0.333. The molecule has 1 aliphatic heterocycles. The molecule has 1 aliphatic rings. The molecule has 1 radical (unpaired) electrons. The van der Waals surface area contributed by atoms with Crippen LogP contribution in [0.25, 0.3) is 0 Å². The first-order chi connectivity index (χ1) is 5.97. The number of rotatable bonds is 1. The maximum atomic E-state index is 4.08. The predicted octanol–water partition coefficient (Wildman–Crippen LogP) is 0.653. The molecule has 1 fully saturated rings.